The molecule has 4 aromatic heterocycles. The molecule has 13 nitrogen and oxygen atoms in total. The van der Waals surface area contributed by atoms with E-state index in [0.717, 1.165) is 0 Å². The Morgan fingerprint density at radius 2 is 1.53 bits per heavy atom. The van der Waals surface area contributed by atoms with Gasteiger partial charge in [-0.1, -0.05) is 6.07 Å². The summed E-state index contributed by atoms with van der Waals surface area (Å²) in [4.78, 5) is 37.1. The van der Waals surface area contributed by atoms with Gasteiger partial charge in [0.25, 0.3) is 0 Å². The van der Waals surface area contributed by atoms with Crippen LogP contribution in [-0.4, -0.2) is 57.2 Å². The van der Waals surface area contributed by atoms with E-state index in [-0.39, 0.29) is 31.0 Å². The van der Waals surface area contributed by atoms with Crippen molar-refractivity contribution in [2.45, 2.75) is 19.3 Å². The van der Waals surface area contributed by atoms with Crippen LogP contribution in [0.3, 0.4) is 0 Å². The van der Waals surface area contributed by atoms with Crippen molar-refractivity contribution in [1.82, 2.24) is 35.1 Å². The third-order valence-corrected chi connectivity index (χ3v) is 4.42. The van der Waals surface area contributed by atoms with Crippen molar-refractivity contribution in [3.8, 4) is 34.8 Å². The molecule has 0 aliphatic heterocycles. The van der Waals surface area contributed by atoms with Gasteiger partial charge in [0.05, 0.1) is 11.9 Å². The molecule has 172 valence electrons. The molecule has 0 saturated carbocycles. The lowest BCUT2D eigenvalue weighted by Gasteiger charge is -2.07. The fourth-order valence-corrected chi connectivity index (χ4v) is 2.79. The molecular formula is C21H18N8O5. The minimum atomic E-state index is -0.711. The lowest BCUT2D eigenvalue weighted by atomic mass is 10.2. The molecular weight excluding hydrogens is 444 g/mol. The lowest BCUT2D eigenvalue weighted by molar-refractivity contribution is -0.145. The largest absolute Gasteiger partial charge is 0.492 e. The number of nitrogens with one attached hydrogen (secondary N) is 1. The highest BCUT2D eigenvalue weighted by Gasteiger charge is 2.13. The van der Waals surface area contributed by atoms with Gasteiger partial charge in [-0.25, -0.2) is 4.79 Å². The summed E-state index contributed by atoms with van der Waals surface area (Å²) in [5.74, 6) is -1.36. The molecule has 4 heterocycles. The number of pyridine rings is 2. The first-order chi connectivity index (χ1) is 16.5. The van der Waals surface area contributed by atoms with Crippen molar-refractivity contribution >= 4 is 17.6 Å². The second-order valence-corrected chi connectivity index (χ2v) is 6.90. The topological polar surface area (TPSA) is 178 Å². The molecule has 1 amide bonds. The first kappa shape index (κ1) is 22.3. The van der Waals surface area contributed by atoms with Gasteiger partial charge in [0.15, 0.2) is 0 Å². The number of anilines is 1. The number of hydrogen-bond acceptors (Lipinski definition) is 11. The quantitative estimate of drug-likeness (QED) is 0.344. The predicted octanol–water partition coefficient (Wildman–Crippen LogP) is 1.37. The molecule has 13 heteroatoms. The highest BCUT2D eigenvalue weighted by atomic mass is 16.7. The molecule has 0 unspecified atom stereocenters. The highest BCUT2D eigenvalue weighted by molar-refractivity contribution is 5.90. The van der Waals surface area contributed by atoms with Crippen LogP contribution in [0.25, 0.3) is 23.0 Å². The van der Waals surface area contributed by atoms with Crippen LogP contribution in [0.4, 0.5) is 5.69 Å². The zero-order chi connectivity index (χ0) is 23.9. The van der Waals surface area contributed by atoms with Crippen molar-refractivity contribution in [2.75, 3.05) is 5.32 Å². The standard InChI is InChI=1S/C21H18N8O5/c30-16(5-3-6-19(33)34-29-17(31)9-10-18(29)32)24-13-7-8-15(23-12-13)21-27-25-20(26-28-21)14-4-1-2-11-22-14/h1-2,4,7-12,31-32H,3,5-6H2,(H,24,30). The minimum Gasteiger partial charge on any atom is -0.492 e. The molecule has 3 N–H and O–H groups in total. The SMILES string of the molecule is O=C(CCCC(=O)On1c(O)ccc1O)Nc1ccc(-c2nnc(-c3ccccn3)nn2)nc1. The average Bonchev–Trinajstić information content (AvgIpc) is 3.17. The summed E-state index contributed by atoms with van der Waals surface area (Å²) < 4.78 is 0.594. The molecule has 34 heavy (non-hydrogen) atoms. The van der Waals surface area contributed by atoms with Crippen LogP contribution < -0.4 is 10.2 Å². The van der Waals surface area contributed by atoms with Crippen molar-refractivity contribution < 1.29 is 24.6 Å². The van der Waals surface area contributed by atoms with Crippen molar-refractivity contribution in [3.63, 3.8) is 0 Å². The normalized spacial score (nSPS) is 10.6. The van der Waals surface area contributed by atoms with Gasteiger partial charge in [0.2, 0.25) is 29.3 Å². The van der Waals surface area contributed by atoms with E-state index in [4.69, 9.17) is 4.84 Å². The smallest absolute Gasteiger partial charge is 0.333 e. The van der Waals surface area contributed by atoms with E-state index < -0.39 is 17.7 Å². The second-order valence-electron chi connectivity index (χ2n) is 6.90. The number of carbonyl (C=O) groups excluding carboxylic acids is 2. The van der Waals surface area contributed by atoms with Gasteiger partial charge in [0, 0.05) is 31.2 Å². The summed E-state index contributed by atoms with van der Waals surface area (Å²) in [6.07, 6.45) is 3.22. The fourth-order valence-electron chi connectivity index (χ4n) is 2.79. The van der Waals surface area contributed by atoms with Crippen LogP contribution in [0.5, 0.6) is 11.8 Å². The van der Waals surface area contributed by atoms with Gasteiger partial charge in [-0.2, -0.15) is 0 Å². The van der Waals surface area contributed by atoms with E-state index >= 15 is 0 Å². The minimum absolute atomic E-state index is 0.0480. The molecule has 0 aliphatic rings. The third kappa shape index (κ3) is 5.45. The Bertz CT molecular complexity index is 1260. The first-order valence-corrected chi connectivity index (χ1v) is 10.1. The summed E-state index contributed by atoms with van der Waals surface area (Å²) in [5, 5.41) is 37.6. The number of nitrogens with zero attached hydrogens (tertiary/aromatic N) is 7. The summed E-state index contributed by atoms with van der Waals surface area (Å²) >= 11 is 0. The molecule has 4 aromatic rings. The van der Waals surface area contributed by atoms with Gasteiger partial charge < -0.3 is 20.4 Å². The van der Waals surface area contributed by atoms with Gasteiger partial charge in [0.1, 0.15) is 11.4 Å². The average molecular weight is 462 g/mol. The Kier molecular flexibility index (Phi) is 6.63. The number of aromatic nitrogens is 7. The number of amides is 1. The van der Waals surface area contributed by atoms with Gasteiger partial charge in [-0.15, -0.1) is 25.1 Å². The van der Waals surface area contributed by atoms with Crippen LogP contribution in [0, 0.1) is 0 Å². The van der Waals surface area contributed by atoms with E-state index in [1.807, 2.05) is 0 Å². The Hall–Kier alpha value is -4.94. The predicted molar refractivity (Wildman–Crippen MR) is 116 cm³/mol. The van der Waals surface area contributed by atoms with Gasteiger partial charge in [-0.05, 0) is 30.7 Å². The highest BCUT2D eigenvalue weighted by Crippen LogP contribution is 2.19. The molecule has 0 bridgehead atoms. The number of hydrogen-bond donors (Lipinski definition) is 3. The maximum atomic E-state index is 12.1. The molecule has 0 atom stereocenters. The molecule has 4 rings (SSSR count). The molecule has 0 saturated heterocycles. The molecule has 0 aliphatic carbocycles. The molecule has 0 aromatic carbocycles. The number of aromatic hydroxyl groups is 2. The maximum absolute atomic E-state index is 12.1. The van der Waals surface area contributed by atoms with E-state index in [9.17, 15) is 19.8 Å². The molecule has 0 fully saturated rings. The maximum Gasteiger partial charge on any atom is 0.333 e. The Morgan fingerprint density at radius 3 is 2.12 bits per heavy atom. The van der Waals surface area contributed by atoms with Crippen LogP contribution in [0.2, 0.25) is 0 Å². The Morgan fingerprint density at radius 1 is 0.853 bits per heavy atom. The van der Waals surface area contributed by atoms with Crippen LogP contribution >= 0.6 is 0 Å². The van der Waals surface area contributed by atoms with Crippen LogP contribution in [0.1, 0.15) is 19.3 Å². The third-order valence-electron chi connectivity index (χ3n) is 4.42. The van der Waals surface area contributed by atoms with Gasteiger partial charge in [-0.3, -0.25) is 14.8 Å². The summed E-state index contributed by atoms with van der Waals surface area (Å²) in [6.45, 7) is 0. The van der Waals surface area contributed by atoms with E-state index in [0.29, 0.717) is 27.6 Å². The Labute approximate surface area is 192 Å². The zero-order valence-corrected chi connectivity index (χ0v) is 17.6. The second kappa shape index (κ2) is 10.1. The summed E-state index contributed by atoms with van der Waals surface area (Å²) in [7, 11) is 0. The fraction of sp³-hybridized carbons (Fsp3) is 0.143. The molecule has 0 radical (unpaired) electrons. The van der Waals surface area contributed by atoms with Crippen LogP contribution in [0.15, 0.2) is 54.9 Å². The van der Waals surface area contributed by atoms with Gasteiger partial charge >= 0.3 is 5.97 Å². The van der Waals surface area contributed by atoms with Crippen molar-refractivity contribution in [2.24, 2.45) is 0 Å². The summed E-state index contributed by atoms with van der Waals surface area (Å²) in [5.41, 5.74) is 1.42. The number of carbonyl (C=O) groups is 2. The zero-order valence-electron chi connectivity index (χ0n) is 17.6. The first-order valence-electron chi connectivity index (χ1n) is 10.1. The lowest BCUT2D eigenvalue weighted by Crippen LogP contribution is -2.19. The molecule has 0 spiro atoms. The van der Waals surface area contributed by atoms with Crippen molar-refractivity contribution in [1.29, 1.82) is 0 Å². The van der Waals surface area contributed by atoms with Crippen LogP contribution in [-0.2, 0) is 9.59 Å². The van der Waals surface area contributed by atoms with Crippen molar-refractivity contribution in [3.05, 3.63) is 54.9 Å². The Balaban J connectivity index is 1.25. The summed E-state index contributed by atoms with van der Waals surface area (Å²) in [6, 6.07) is 10.9. The monoisotopic (exact) mass is 462 g/mol. The van der Waals surface area contributed by atoms with E-state index in [1.54, 1.807) is 36.5 Å². The van der Waals surface area contributed by atoms with E-state index in [2.05, 4.69) is 35.7 Å². The van der Waals surface area contributed by atoms with E-state index in [1.165, 1.54) is 18.3 Å². The number of rotatable bonds is 8.